The topological polar surface area (TPSA) is 79.0 Å². The molecule has 3 N–H and O–H groups in total. The number of H-pyrrole nitrogens is 1. The lowest BCUT2D eigenvalue weighted by atomic mass is 10.2. The van der Waals surface area contributed by atoms with Crippen molar-refractivity contribution in [3.63, 3.8) is 0 Å². The van der Waals surface area contributed by atoms with Crippen molar-refractivity contribution in [1.82, 2.24) is 10.2 Å². The largest absolute Gasteiger partial charge is 0.444 e. The molecule has 0 radical (unpaired) electrons. The number of carbonyl (C=O) groups excluding carboxylic acids is 1. The van der Waals surface area contributed by atoms with Gasteiger partial charge in [0.1, 0.15) is 11.4 Å². The van der Waals surface area contributed by atoms with Crippen LogP contribution in [-0.2, 0) is 11.3 Å². The van der Waals surface area contributed by atoms with Crippen LogP contribution in [0.15, 0.2) is 30.5 Å². The van der Waals surface area contributed by atoms with E-state index in [1.54, 1.807) is 33.0 Å². The summed E-state index contributed by atoms with van der Waals surface area (Å²) in [5.41, 5.74) is 0.960. The molecule has 0 aliphatic heterocycles. The number of hydrogen-bond donors (Lipinski definition) is 3. The first-order valence-electron chi connectivity index (χ1n) is 6.85. The number of aromatic nitrogens is 2. The molecule has 0 spiro atoms. The van der Waals surface area contributed by atoms with E-state index in [1.807, 2.05) is 0 Å². The molecule has 0 saturated heterocycles. The minimum absolute atomic E-state index is 0.281. The van der Waals surface area contributed by atoms with E-state index in [1.165, 1.54) is 18.2 Å². The second kappa shape index (κ2) is 6.46. The molecule has 0 saturated carbocycles. The van der Waals surface area contributed by atoms with Crippen LogP contribution in [0, 0.1) is 5.82 Å². The highest BCUT2D eigenvalue weighted by Crippen LogP contribution is 2.21. The molecule has 0 bridgehead atoms. The van der Waals surface area contributed by atoms with E-state index in [0.29, 0.717) is 12.2 Å². The van der Waals surface area contributed by atoms with Gasteiger partial charge < -0.3 is 10.1 Å². The van der Waals surface area contributed by atoms with Gasteiger partial charge in [0, 0.05) is 11.9 Å². The summed E-state index contributed by atoms with van der Waals surface area (Å²) in [4.78, 5) is 11.7. The van der Waals surface area contributed by atoms with Crippen LogP contribution in [0.5, 0.6) is 0 Å². The van der Waals surface area contributed by atoms with Crippen LogP contribution >= 0.6 is 0 Å². The van der Waals surface area contributed by atoms with E-state index < -0.39 is 17.5 Å². The number of anilines is 2. The van der Waals surface area contributed by atoms with Gasteiger partial charge in [-0.2, -0.15) is 5.10 Å². The van der Waals surface area contributed by atoms with Crippen molar-refractivity contribution in [2.45, 2.75) is 32.9 Å². The van der Waals surface area contributed by atoms with Gasteiger partial charge in [-0.05, 0) is 45.0 Å². The third-order valence-electron chi connectivity index (χ3n) is 2.64. The molecule has 0 atom stereocenters. The summed E-state index contributed by atoms with van der Waals surface area (Å²) >= 11 is 0. The van der Waals surface area contributed by atoms with Gasteiger partial charge in [0.2, 0.25) is 0 Å². The minimum Gasteiger partial charge on any atom is -0.444 e. The Hall–Kier alpha value is -2.57. The van der Waals surface area contributed by atoms with Gasteiger partial charge >= 0.3 is 6.09 Å². The summed E-state index contributed by atoms with van der Waals surface area (Å²) in [7, 11) is 0. The number of halogens is 1. The quantitative estimate of drug-likeness (QED) is 0.807. The Kier molecular flexibility index (Phi) is 4.65. The average molecular weight is 306 g/mol. The number of benzene rings is 1. The molecule has 2 rings (SSSR count). The Balaban J connectivity index is 2.01. The lowest BCUT2D eigenvalue weighted by Gasteiger charge is -2.20. The molecule has 0 fully saturated rings. The van der Waals surface area contributed by atoms with Crippen molar-refractivity contribution in [2.24, 2.45) is 0 Å². The zero-order valence-corrected chi connectivity index (χ0v) is 12.7. The third-order valence-corrected chi connectivity index (χ3v) is 2.64. The molecule has 1 aromatic heterocycles. The van der Waals surface area contributed by atoms with Crippen LogP contribution in [-0.4, -0.2) is 21.9 Å². The van der Waals surface area contributed by atoms with E-state index in [0.717, 1.165) is 5.69 Å². The molecule has 2 aromatic rings. The van der Waals surface area contributed by atoms with Crippen molar-refractivity contribution in [3.05, 3.63) is 42.0 Å². The SMILES string of the molecule is CC(C)(C)OC(=O)Nc1ccc(F)c(NCc2ccn[nH]2)c1. The molecule has 1 heterocycles. The van der Waals surface area contributed by atoms with Crippen molar-refractivity contribution in [1.29, 1.82) is 0 Å². The average Bonchev–Trinajstić information content (AvgIpc) is 2.90. The lowest BCUT2D eigenvalue weighted by molar-refractivity contribution is 0.0636. The number of aromatic amines is 1. The predicted molar refractivity (Wildman–Crippen MR) is 82.2 cm³/mol. The Morgan fingerprint density at radius 2 is 2.14 bits per heavy atom. The summed E-state index contributed by atoms with van der Waals surface area (Å²) in [5.74, 6) is -0.408. The third kappa shape index (κ3) is 4.76. The molecule has 118 valence electrons. The molecular formula is C15H19FN4O2. The number of nitrogens with zero attached hydrogens (tertiary/aromatic N) is 1. The minimum atomic E-state index is -0.591. The number of carbonyl (C=O) groups is 1. The normalized spacial score (nSPS) is 11.1. The van der Waals surface area contributed by atoms with E-state index in [-0.39, 0.29) is 5.69 Å². The first-order chi connectivity index (χ1) is 10.3. The van der Waals surface area contributed by atoms with Gasteiger partial charge in [0.05, 0.1) is 17.9 Å². The van der Waals surface area contributed by atoms with Crippen molar-refractivity contribution in [2.75, 3.05) is 10.6 Å². The summed E-state index contributed by atoms with van der Waals surface area (Å²) in [6.07, 6.45) is 1.03. The Labute approximate surface area is 128 Å². The molecule has 7 heteroatoms. The zero-order valence-electron chi connectivity index (χ0n) is 12.7. The van der Waals surface area contributed by atoms with Crippen LogP contribution in [0.4, 0.5) is 20.6 Å². The van der Waals surface area contributed by atoms with Gasteiger partial charge in [-0.1, -0.05) is 0 Å². The first-order valence-corrected chi connectivity index (χ1v) is 6.85. The Morgan fingerprint density at radius 3 is 2.77 bits per heavy atom. The first kappa shape index (κ1) is 15.8. The van der Waals surface area contributed by atoms with E-state index in [2.05, 4.69) is 20.8 Å². The van der Waals surface area contributed by atoms with Crippen LogP contribution in [0.2, 0.25) is 0 Å². The summed E-state index contributed by atoms with van der Waals surface area (Å²) < 4.78 is 18.9. The molecule has 22 heavy (non-hydrogen) atoms. The summed E-state index contributed by atoms with van der Waals surface area (Å²) in [5, 5.41) is 12.1. The maximum absolute atomic E-state index is 13.8. The molecule has 0 aliphatic carbocycles. The van der Waals surface area contributed by atoms with Crippen LogP contribution in [0.1, 0.15) is 26.5 Å². The summed E-state index contributed by atoms with van der Waals surface area (Å²) in [6.45, 7) is 5.71. The fourth-order valence-electron chi connectivity index (χ4n) is 1.73. The van der Waals surface area contributed by atoms with Gasteiger partial charge in [-0.25, -0.2) is 9.18 Å². The summed E-state index contributed by atoms with van der Waals surface area (Å²) in [6, 6.07) is 6.05. The van der Waals surface area contributed by atoms with Crippen molar-refractivity contribution < 1.29 is 13.9 Å². The number of rotatable bonds is 4. The molecule has 6 nitrogen and oxygen atoms in total. The van der Waals surface area contributed by atoms with Crippen molar-refractivity contribution in [3.8, 4) is 0 Å². The number of hydrogen-bond acceptors (Lipinski definition) is 4. The van der Waals surface area contributed by atoms with Gasteiger partial charge in [0.15, 0.2) is 0 Å². The highest BCUT2D eigenvalue weighted by molar-refractivity contribution is 5.85. The van der Waals surface area contributed by atoms with Crippen LogP contribution < -0.4 is 10.6 Å². The Morgan fingerprint density at radius 1 is 1.36 bits per heavy atom. The predicted octanol–water partition coefficient (Wildman–Crippen LogP) is 3.51. The fourth-order valence-corrected chi connectivity index (χ4v) is 1.73. The second-order valence-corrected chi connectivity index (χ2v) is 5.76. The smallest absolute Gasteiger partial charge is 0.412 e. The molecule has 1 amide bonds. The van der Waals surface area contributed by atoms with Gasteiger partial charge in [0.25, 0.3) is 0 Å². The molecule has 0 unspecified atom stereocenters. The number of nitrogens with one attached hydrogen (secondary N) is 3. The van der Waals surface area contributed by atoms with Crippen LogP contribution in [0.25, 0.3) is 0 Å². The van der Waals surface area contributed by atoms with E-state index in [4.69, 9.17) is 4.74 Å². The van der Waals surface area contributed by atoms with Crippen LogP contribution in [0.3, 0.4) is 0 Å². The fraction of sp³-hybridized carbons (Fsp3) is 0.333. The zero-order chi connectivity index (χ0) is 16.2. The Bertz CT molecular complexity index is 635. The molecular weight excluding hydrogens is 287 g/mol. The second-order valence-electron chi connectivity index (χ2n) is 5.76. The molecule has 0 aliphatic rings. The highest BCUT2D eigenvalue weighted by Gasteiger charge is 2.16. The standard InChI is InChI=1S/C15H19FN4O2/c1-15(2,3)22-14(21)19-10-4-5-12(16)13(8-10)17-9-11-6-7-18-20-11/h4-8,17H,9H2,1-3H3,(H,18,20)(H,19,21). The highest BCUT2D eigenvalue weighted by atomic mass is 19.1. The maximum atomic E-state index is 13.8. The van der Waals surface area contributed by atoms with Gasteiger partial charge in [-0.15, -0.1) is 0 Å². The number of amides is 1. The van der Waals surface area contributed by atoms with Crippen molar-refractivity contribution >= 4 is 17.5 Å². The molecule has 1 aromatic carbocycles. The maximum Gasteiger partial charge on any atom is 0.412 e. The monoisotopic (exact) mass is 306 g/mol. The number of ether oxygens (including phenoxy) is 1. The van der Waals surface area contributed by atoms with E-state index >= 15 is 0 Å². The lowest BCUT2D eigenvalue weighted by Crippen LogP contribution is -2.27. The van der Waals surface area contributed by atoms with E-state index in [9.17, 15) is 9.18 Å². The van der Waals surface area contributed by atoms with Gasteiger partial charge in [-0.3, -0.25) is 10.4 Å².